The van der Waals surface area contributed by atoms with Crippen molar-refractivity contribution < 1.29 is 9.59 Å². The third-order valence-electron chi connectivity index (χ3n) is 3.08. The van der Waals surface area contributed by atoms with Crippen LogP contribution in [-0.2, 0) is 16.0 Å². The summed E-state index contributed by atoms with van der Waals surface area (Å²) >= 11 is 0. The van der Waals surface area contributed by atoms with E-state index in [0.717, 1.165) is 16.6 Å². The second-order valence-corrected chi connectivity index (χ2v) is 4.71. The Morgan fingerprint density at radius 2 is 1.91 bits per heavy atom. The Bertz CT molecular complexity index is 721. The van der Waals surface area contributed by atoms with Crippen LogP contribution in [0.15, 0.2) is 36.4 Å². The molecule has 22 heavy (non-hydrogen) atoms. The maximum Gasteiger partial charge on any atom is 0.240 e. The molecule has 0 spiro atoms. The van der Waals surface area contributed by atoms with Crippen LogP contribution < -0.4 is 10.6 Å². The zero-order chi connectivity index (χ0) is 15.8. The van der Waals surface area contributed by atoms with Gasteiger partial charge in [0.2, 0.25) is 11.8 Å². The number of rotatable bonds is 6. The first-order valence-electron chi connectivity index (χ1n) is 6.94. The number of hydrogen-bond donors (Lipinski definition) is 2. The smallest absolute Gasteiger partial charge is 0.240 e. The summed E-state index contributed by atoms with van der Waals surface area (Å²) in [5, 5.41) is 14.2. The molecular weight excluding hydrogens is 280 g/mol. The Kier molecular flexibility index (Phi) is 5.44. The van der Waals surface area contributed by atoms with Gasteiger partial charge in [-0.15, -0.1) is 0 Å². The number of nitrogens with zero attached hydrogens (tertiary/aromatic N) is 2. The molecular formula is C16H16N4O2. The first-order valence-corrected chi connectivity index (χ1v) is 6.94. The number of amides is 2. The highest BCUT2D eigenvalue weighted by Gasteiger charge is 2.06. The molecule has 0 saturated heterocycles. The van der Waals surface area contributed by atoms with Crippen molar-refractivity contribution in [2.24, 2.45) is 0 Å². The number of benzene rings is 1. The van der Waals surface area contributed by atoms with Gasteiger partial charge in [-0.1, -0.05) is 24.3 Å². The lowest BCUT2D eigenvalue weighted by Gasteiger charge is -2.05. The first kappa shape index (κ1) is 15.4. The van der Waals surface area contributed by atoms with Gasteiger partial charge < -0.3 is 10.6 Å². The Hall–Kier alpha value is -2.94. The summed E-state index contributed by atoms with van der Waals surface area (Å²) in [6.07, 6.45) is 0.771. The molecule has 0 unspecified atom stereocenters. The second kappa shape index (κ2) is 7.74. The topological polar surface area (TPSA) is 94.9 Å². The molecule has 0 radical (unpaired) electrons. The number of carbonyl (C=O) groups excluding carboxylic acids is 2. The Morgan fingerprint density at radius 1 is 1.09 bits per heavy atom. The fourth-order valence-electron chi connectivity index (χ4n) is 1.96. The lowest BCUT2D eigenvalue weighted by molar-refractivity contribution is -0.125. The summed E-state index contributed by atoms with van der Waals surface area (Å²) in [7, 11) is 0. The van der Waals surface area contributed by atoms with Gasteiger partial charge in [0.15, 0.2) is 0 Å². The summed E-state index contributed by atoms with van der Waals surface area (Å²) < 4.78 is 0. The zero-order valence-electron chi connectivity index (χ0n) is 12.0. The average molecular weight is 296 g/mol. The highest BCUT2D eigenvalue weighted by Crippen LogP contribution is 2.12. The molecule has 0 saturated carbocycles. The number of aromatic nitrogens is 1. The quantitative estimate of drug-likeness (QED) is 0.775. The van der Waals surface area contributed by atoms with E-state index in [1.165, 1.54) is 0 Å². The van der Waals surface area contributed by atoms with Gasteiger partial charge >= 0.3 is 0 Å². The molecule has 0 fully saturated rings. The lowest BCUT2D eigenvalue weighted by Crippen LogP contribution is -2.37. The van der Waals surface area contributed by atoms with Crippen LogP contribution in [0.1, 0.15) is 12.1 Å². The van der Waals surface area contributed by atoms with E-state index in [1.54, 1.807) is 6.07 Å². The zero-order valence-corrected chi connectivity index (χ0v) is 12.0. The molecule has 1 aromatic heterocycles. The minimum Gasteiger partial charge on any atom is -0.347 e. The molecule has 0 aliphatic carbocycles. The van der Waals surface area contributed by atoms with Gasteiger partial charge in [0, 0.05) is 17.5 Å². The maximum atomic E-state index is 11.7. The van der Waals surface area contributed by atoms with Crippen LogP contribution in [0.3, 0.4) is 0 Å². The summed E-state index contributed by atoms with van der Waals surface area (Å²) in [5.41, 5.74) is 1.74. The van der Waals surface area contributed by atoms with Gasteiger partial charge in [0.1, 0.15) is 6.54 Å². The second-order valence-electron chi connectivity index (χ2n) is 4.71. The number of fused-ring (bicyclic) bond motifs is 1. The van der Waals surface area contributed by atoms with Crippen molar-refractivity contribution in [3.05, 3.63) is 42.1 Å². The third-order valence-corrected chi connectivity index (χ3v) is 3.08. The average Bonchev–Trinajstić information content (AvgIpc) is 2.56. The number of para-hydroxylation sites is 1. The van der Waals surface area contributed by atoms with Crippen molar-refractivity contribution in [1.29, 1.82) is 5.26 Å². The number of aryl methyl sites for hydroxylation is 1. The van der Waals surface area contributed by atoms with Gasteiger partial charge in [0.05, 0.1) is 18.1 Å². The molecule has 6 nitrogen and oxygen atoms in total. The number of nitriles is 1. The highest BCUT2D eigenvalue weighted by atomic mass is 16.2. The number of pyridine rings is 1. The fourth-order valence-corrected chi connectivity index (χ4v) is 1.96. The van der Waals surface area contributed by atoms with Gasteiger partial charge in [-0.25, -0.2) is 0 Å². The molecule has 2 rings (SSSR count). The summed E-state index contributed by atoms with van der Waals surface area (Å²) in [6, 6.07) is 13.5. The molecule has 112 valence electrons. The first-order chi connectivity index (χ1) is 10.7. The van der Waals surface area contributed by atoms with Crippen molar-refractivity contribution in [2.75, 3.05) is 13.1 Å². The summed E-state index contributed by atoms with van der Waals surface area (Å²) in [6.45, 7) is -0.179. The SMILES string of the molecule is N#CCNC(=O)CNC(=O)CCc1ccc2ccccc2n1. The van der Waals surface area contributed by atoms with Crippen molar-refractivity contribution in [1.82, 2.24) is 15.6 Å². The minimum atomic E-state index is -0.376. The maximum absolute atomic E-state index is 11.7. The Balaban J connectivity index is 1.80. The van der Waals surface area contributed by atoms with Crippen molar-refractivity contribution in [3.8, 4) is 6.07 Å². The monoisotopic (exact) mass is 296 g/mol. The number of nitrogens with one attached hydrogen (secondary N) is 2. The lowest BCUT2D eigenvalue weighted by atomic mass is 10.1. The van der Waals surface area contributed by atoms with Crippen LogP contribution >= 0.6 is 0 Å². The normalized spacial score (nSPS) is 9.95. The van der Waals surface area contributed by atoms with E-state index in [4.69, 9.17) is 5.26 Å². The predicted octanol–water partition coefficient (Wildman–Crippen LogP) is 0.923. The number of carbonyl (C=O) groups is 2. The van der Waals surface area contributed by atoms with E-state index < -0.39 is 0 Å². The van der Waals surface area contributed by atoms with Gasteiger partial charge in [-0.2, -0.15) is 5.26 Å². The van der Waals surface area contributed by atoms with Gasteiger partial charge in [0.25, 0.3) is 0 Å². The molecule has 0 aliphatic rings. The van der Waals surface area contributed by atoms with E-state index in [1.807, 2.05) is 36.4 Å². The van der Waals surface area contributed by atoms with E-state index in [2.05, 4.69) is 15.6 Å². The highest BCUT2D eigenvalue weighted by molar-refractivity contribution is 5.84. The van der Waals surface area contributed by atoms with Crippen LogP contribution in [0.5, 0.6) is 0 Å². The van der Waals surface area contributed by atoms with Crippen LogP contribution in [0, 0.1) is 11.3 Å². The van der Waals surface area contributed by atoms with Crippen LogP contribution in [0.4, 0.5) is 0 Å². The molecule has 2 aromatic rings. The standard InChI is InChI=1S/C16H16N4O2/c17-9-10-18-16(22)11-19-15(21)8-7-13-6-5-12-3-1-2-4-14(12)20-13/h1-6H,7-8,10-11H2,(H,18,22)(H,19,21). The van der Waals surface area contributed by atoms with Gasteiger partial charge in [-0.3, -0.25) is 14.6 Å². The molecule has 0 bridgehead atoms. The van der Waals surface area contributed by atoms with Crippen LogP contribution in [0.2, 0.25) is 0 Å². The molecule has 0 aliphatic heterocycles. The molecule has 6 heteroatoms. The van der Waals surface area contributed by atoms with Gasteiger partial charge in [-0.05, 0) is 18.6 Å². The molecule has 2 N–H and O–H groups in total. The molecule has 1 aromatic carbocycles. The Morgan fingerprint density at radius 3 is 2.73 bits per heavy atom. The van der Waals surface area contributed by atoms with Crippen LogP contribution in [-0.4, -0.2) is 29.9 Å². The summed E-state index contributed by atoms with van der Waals surface area (Å²) in [5.74, 6) is -0.596. The minimum absolute atomic E-state index is 0.0598. The van der Waals surface area contributed by atoms with E-state index in [9.17, 15) is 9.59 Å². The Labute approximate surface area is 128 Å². The molecule has 0 atom stereocenters. The molecule has 1 heterocycles. The predicted molar refractivity (Wildman–Crippen MR) is 81.7 cm³/mol. The fraction of sp³-hybridized carbons (Fsp3) is 0.250. The van der Waals surface area contributed by atoms with Crippen molar-refractivity contribution >= 4 is 22.7 Å². The van der Waals surface area contributed by atoms with Crippen LogP contribution in [0.25, 0.3) is 10.9 Å². The third kappa shape index (κ3) is 4.56. The van der Waals surface area contributed by atoms with E-state index in [0.29, 0.717) is 6.42 Å². The number of hydrogen-bond acceptors (Lipinski definition) is 4. The van der Waals surface area contributed by atoms with Crippen molar-refractivity contribution in [3.63, 3.8) is 0 Å². The van der Waals surface area contributed by atoms with E-state index >= 15 is 0 Å². The largest absolute Gasteiger partial charge is 0.347 e. The van der Waals surface area contributed by atoms with Crippen molar-refractivity contribution in [2.45, 2.75) is 12.8 Å². The van der Waals surface area contributed by atoms with E-state index in [-0.39, 0.29) is 31.3 Å². The summed E-state index contributed by atoms with van der Waals surface area (Å²) in [4.78, 5) is 27.4. The molecule has 2 amide bonds.